The molecule has 0 aromatic heterocycles. The van der Waals surface area contributed by atoms with E-state index >= 15 is 0 Å². The Bertz CT molecular complexity index is 822. The van der Waals surface area contributed by atoms with Crippen LogP contribution < -0.4 is 14.4 Å². The molecule has 2 aromatic carbocycles. The molecule has 8 heteroatoms. The number of rotatable bonds is 3. The van der Waals surface area contributed by atoms with Crippen molar-refractivity contribution in [3.8, 4) is 11.5 Å². The van der Waals surface area contributed by atoms with Gasteiger partial charge in [0.2, 0.25) is 0 Å². The first-order valence-corrected chi connectivity index (χ1v) is 7.84. The molecule has 1 atom stereocenters. The minimum Gasteiger partial charge on any atom is -0.489 e. The van der Waals surface area contributed by atoms with Crippen molar-refractivity contribution < 1.29 is 31.8 Å². The largest absolute Gasteiger partial charge is 0.489 e. The molecule has 26 heavy (non-hydrogen) atoms. The summed E-state index contributed by atoms with van der Waals surface area (Å²) in [7, 11) is 0. The fraction of sp³-hybridized carbons (Fsp3) is 0.278. The number of halogens is 4. The molecule has 2 aromatic rings. The summed E-state index contributed by atoms with van der Waals surface area (Å²) in [6.07, 6.45) is -5.77. The van der Waals surface area contributed by atoms with Crippen LogP contribution in [0.2, 0.25) is 0 Å². The fourth-order valence-corrected chi connectivity index (χ4v) is 2.69. The number of carbonyl (C=O) groups excluding carboxylic acids is 1. The van der Waals surface area contributed by atoms with E-state index in [0.717, 1.165) is 18.2 Å². The summed E-state index contributed by atoms with van der Waals surface area (Å²) >= 11 is 0. The Morgan fingerprint density at radius 2 is 1.96 bits per heavy atom. The number of hydrogen-bond acceptors (Lipinski definition) is 3. The van der Waals surface area contributed by atoms with Crippen molar-refractivity contribution in [1.29, 1.82) is 0 Å². The second-order valence-corrected chi connectivity index (χ2v) is 5.70. The average molecular weight is 369 g/mol. The lowest BCUT2D eigenvalue weighted by Gasteiger charge is -2.31. The number of alkyl halides is 3. The Labute approximate surface area is 146 Å². The minimum absolute atomic E-state index is 0.147. The van der Waals surface area contributed by atoms with Crippen molar-refractivity contribution in [3.05, 3.63) is 53.8 Å². The second-order valence-electron chi connectivity index (χ2n) is 5.70. The van der Waals surface area contributed by atoms with Gasteiger partial charge in [-0.05, 0) is 31.2 Å². The zero-order chi connectivity index (χ0) is 18.9. The van der Waals surface area contributed by atoms with Gasteiger partial charge in [-0.2, -0.15) is 13.2 Å². The highest BCUT2D eigenvalue weighted by Crippen LogP contribution is 2.37. The monoisotopic (exact) mass is 369 g/mol. The van der Waals surface area contributed by atoms with Gasteiger partial charge >= 0.3 is 6.18 Å². The number of amides is 1. The van der Waals surface area contributed by atoms with Crippen LogP contribution in [-0.2, 0) is 11.0 Å². The molecule has 0 N–H and O–H groups in total. The molecule has 1 aliphatic heterocycles. The summed E-state index contributed by atoms with van der Waals surface area (Å²) in [5.74, 6) is -1.28. The maximum atomic E-state index is 13.3. The third-order valence-corrected chi connectivity index (χ3v) is 3.90. The molecule has 0 radical (unpaired) electrons. The Morgan fingerprint density at radius 1 is 1.23 bits per heavy atom. The first-order valence-electron chi connectivity index (χ1n) is 7.84. The van der Waals surface area contributed by atoms with Crippen LogP contribution in [-0.4, -0.2) is 25.2 Å². The molecule has 0 bridgehead atoms. The summed E-state index contributed by atoms with van der Waals surface area (Å²) in [6, 6.07) is 8.41. The molecule has 138 valence electrons. The molecule has 1 unspecified atom stereocenters. The molecule has 1 aliphatic rings. The third kappa shape index (κ3) is 3.58. The average Bonchev–Trinajstić information content (AvgIpc) is 2.59. The number of benzene rings is 2. The van der Waals surface area contributed by atoms with Crippen LogP contribution in [0.5, 0.6) is 11.5 Å². The van der Waals surface area contributed by atoms with E-state index in [9.17, 15) is 22.4 Å². The van der Waals surface area contributed by atoms with Crippen molar-refractivity contribution in [2.75, 3.05) is 18.1 Å². The van der Waals surface area contributed by atoms with Crippen molar-refractivity contribution in [3.63, 3.8) is 0 Å². The molecular formula is C18H15F4NO3. The van der Waals surface area contributed by atoms with Crippen molar-refractivity contribution in [2.24, 2.45) is 0 Å². The topological polar surface area (TPSA) is 38.8 Å². The Morgan fingerprint density at radius 3 is 2.69 bits per heavy atom. The lowest BCUT2D eigenvalue weighted by Crippen LogP contribution is -2.44. The number of carbonyl (C=O) groups is 1. The van der Waals surface area contributed by atoms with E-state index in [4.69, 9.17) is 9.47 Å². The molecule has 3 rings (SSSR count). The molecule has 0 spiro atoms. The quantitative estimate of drug-likeness (QED) is 0.767. The molecule has 0 saturated carbocycles. The molecule has 4 nitrogen and oxygen atoms in total. The molecule has 0 aliphatic carbocycles. The van der Waals surface area contributed by atoms with Gasteiger partial charge in [-0.15, -0.1) is 0 Å². The Balaban J connectivity index is 1.82. The van der Waals surface area contributed by atoms with E-state index in [2.05, 4.69) is 0 Å². The van der Waals surface area contributed by atoms with Crippen LogP contribution in [0.15, 0.2) is 42.5 Å². The van der Waals surface area contributed by atoms with Crippen LogP contribution in [0.25, 0.3) is 0 Å². The molecular weight excluding hydrogens is 354 g/mol. The predicted molar refractivity (Wildman–Crippen MR) is 85.8 cm³/mol. The molecule has 0 fully saturated rings. The van der Waals surface area contributed by atoms with Gasteiger partial charge in [0.25, 0.3) is 5.91 Å². The molecule has 1 amide bonds. The number of fused-ring (bicyclic) bond motifs is 1. The maximum Gasteiger partial charge on any atom is 0.419 e. The molecule has 1 heterocycles. The summed E-state index contributed by atoms with van der Waals surface area (Å²) in [6.45, 7) is 1.70. The van der Waals surface area contributed by atoms with Crippen LogP contribution in [0.3, 0.4) is 0 Å². The summed E-state index contributed by atoms with van der Waals surface area (Å²) < 4.78 is 63.1. The van der Waals surface area contributed by atoms with E-state index in [0.29, 0.717) is 5.69 Å². The highest BCUT2D eigenvalue weighted by atomic mass is 19.4. The van der Waals surface area contributed by atoms with Crippen molar-refractivity contribution in [1.82, 2.24) is 0 Å². The fourth-order valence-electron chi connectivity index (χ4n) is 2.69. The third-order valence-electron chi connectivity index (χ3n) is 3.90. The van der Waals surface area contributed by atoms with Crippen LogP contribution >= 0.6 is 0 Å². The lowest BCUT2D eigenvalue weighted by atomic mass is 10.2. The minimum atomic E-state index is -4.59. The van der Waals surface area contributed by atoms with Gasteiger partial charge < -0.3 is 14.4 Å². The van der Waals surface area contributed by atoms with Gasteiger partial charge in [-0.3, -0.25) is 4.79 Å². The van der Waals surface area contributed by atoms with E-state index in [1.807, 2.05) is 0 Å². The SMILES string of the molecule is CC(Oc1ccccc1C(F)(F)F)C(=O)N1CCOc2cc(F)ccc21. The number of ether oxygens (including phenoxy) is 2. The number of anilines is 1. The van der Waals surface area contributed by atoms with Crippen LogP contribution in [0.4, 0.5) is 23.2 Å². The van der Waals surface area contributed by atoms with E-state index in [1.54, 1.807) is 0 Å². The van der Waals surface area contributed by atoms with Gasteiger partial charge in [0, 0.05) is 6.07 Å². The van der Waals surface area contributed by atoms with Crippen LogP contribution in [0.1, 0.15) is 12.5 Å². The van der Waals surface area contributed by atoms with Gasteiger partial charge in [0.15, 0.2) is 6.10 Å². The summed E-state index contributed by atoms with van der Waals surface area (Å²) in [4.78, 5) is 14.0. The van der Waals surface area contributed by atoms with E-state index < -0.39 is 35.3 Å². The van der Waals surface area contributed by atoms with Crippen molar-refractivity contribution >= 4 is 11.6 Å². The lowest BCUT2D eigenvalue weighted by molar-refractivity contribution is -0.140. The highest BCUT2D eigenvalue weighted by molar-refractivity contribution is 5.98. The first-order chi connectivity index (χ1) is 12.3. The number of nitrogens with zero attached hydrogens (tertiary/aromatic N) is 1. The first kappa shape index (κ1) is 18.0. The zero-order valence-electron chi connectivity index (χ0n) is 13.7. The van der Waals surface area contributed by atoms with Crippen molar-refractivity contribution in [2.45, 2.75) is 19.2 Å². The van der Waals surface area contributed by atoms with E-state index in [-0.39, 0.29) is 18.9 Å². The Hall–Kier alpha value is -2.77. The van der Waals surface area contributed by atoms with Gasteiger partial charge in [0.05, 0.1) is 17.8 Å². The smallest absolute Gasteiger partial charge is 0.419 e. The molecule has 0 saturated heterocycles. The van der Waals surface area contributed by atoms with Gasteiger partial charge in [-0.25, -0.2) is 4.39 Å². The predicted octanol–water partition coefficient (Wildman–Crippen LogP) is 4.04. The second kappa shape index (κ2) is 6.86. The zero-order valence-corrected chi connectivity index (χ0v) is 13.7. The van der Waals surface area contributed by atoms with Crippen LogP contribution in [0, 0.1) is 5.82 Å². The normalized spacial score (nSPS) is 15.0. The Kier molecular flexibility index (Phi) is 4.76. The van der Waals surface area contributed by atoms with Gasteiger partial charge in [0.1, 0.15) is 23.9 Å². The maximum absolute atomic E-state index is 13.3. The number of hydrogen-bond donors (Lipinski definition) is 0. The number of para-hydroxylation sites is 1. The highest BCUT2D eigenvalue weighted by Gasteiger charge is 2.35. The van der Waals surface area contributed by atoms with Gasteiger partial charge in [-0.1, -0.05) is 12.1 Å². The van der Waals surface area contributed by atoms with E-state index in [1.165, 1.54) is 36.1 Å². The summed E-state index contributed by atoms with van der Waals surface area (Å²) in [5.41, 5.74) is -0.605. The standard InChI is InChI=1S/C18H15F4NO3/c1-11(26-15-5-3-2-4-13(15)18(20,21)22)17(24)23-8-9-25-16-10-12(19)6-7-14(16)23/h2-7,10-11H,8-9H2,1H3. The summed E-state index contributed by atoms with van der Waals surface area (Å²) in [5, 5.41) is 0.